The van der Waals surface area contributed by atoms with Gasteiger partial charge in [0.05, 0.1) is 0 Å². The van der Waals surface area contributed by atoms with Crippen molar-refractivity contribution in [3.63, 3.8) is 0 Å². The molecule has 3 heteroatoms. The summed E-state index contributed by atoms with van der Waals surface area (Å²) in [5.41, 5.74) is -0.272. The molecule has 1 aromatic carbocycles. The van der Waals surface area contributed by atoms with Crippen molar-refractivity contribution in [2.24, 2.45) is 0 Å². The third-order valence-corrected chi connectivity index (χ3v) is 3.60. The van der Waals surface area contributed by atoms with Crippen LogP contribution in [0.4, 0.5) is 0 Å². The van der Waals surface area contributed by atoms with Crippen LogP contribution in [0, 0.1) is 6.92 Å². The van der Waals surface area contributed by atoms with Gasteiger partial charge in [0, 0.05) is 26.2 Å². The molecule has 0 spiro atoms. The maximum atomic E-state index is 11.2. The third-order valence-electron chi connectivity index (χ3n) is 2.48. The van der Waals surface area contributed by atoms with Crippen molar-refractivity contribution in [2.75, 3.05) is 0 Å². The lowest BCUT2D eigenvalue weighted by Gasteiger charge is -1.94. The summed E-state index contributed by atoms with van der Waals surface area (Å²) in [7, 11) is 0. The molecule has 0 amide bonds. The van der Waals surface area contributed by atoms with E-state index in [1.54, 1.807) is 17.4 Å². The minimum absolute atomic E-state index is 0.272. The van der Waals surface area contributed by atoms with E-state index in [1.807, 2.05) is 19.1 Å². The van der Waals surface area contributed by atoms with Crippen LogP contribution in [0.15, 0.2) is 39.5 Å². The molecule has 0 radical (unpaired) electrons. The molecular weight excluding hydrogens is 208 g/mol. The van der Waals surface area contributed by atoms with Gasteiger partial charge in [0.15, 0.2) is 0 Å². The van der Waals surface area contributed by atoms with E-state index in [1.165, 1.54) is 10.1 Å². The standard InChI is InChI=1S/C12H8O2S/c1-7-12-8-4-2-3-5-9(8)15-10(12)6-11(13)14-7/h2-6H,1H3. The third kappa shape index (κ3) is 1.20. The average molecular weight is 216 g/mol. The average Bonchev–Trinajstić information content (AvgIpc) is 2.54. The van der Waals surface area contributed by atoms with Crippen molar-refractivity contribution < 1.29 is 4.42 Å². The van der Waals surface area contributed by atoms with Crippen LogP contribution in [0.5, 0.6) is 0 Å². The Kier molecular flexibility index (Phi) is 1.70. The number of aryl methyl sites for hydroxylation is 1. The number of hydrogen-bond donors (Lipinski definition) is 0. The van der Waals surface area contributed by atoms with Crippen molar-refractivity contribution in [1.82, 2.24) is 0 Å². The summed E-state index contributed by atoms with van der Waals surface area (Å²) in [4.78, 5) is 11.2. The molecule has 74 valence electrons. The predicted molar refractivity (Wildman–Crippen MR) is 62.6 cm³/mol. The van der Waals surface area contributed by atoms with Gasteiger partial charge < -0.3 is 4.42 Å². The van der Waals surface area contributed by atoms with Crippen molar-refractivity contribution in [1.29, 1.82) is 0 Å². The van der Waals surface area contributed by atoms with Crippen molar-refractivity contribution in [2.45, 2.75) is 6.92 Å². The molecule has 0 aliphatic heterocycles. The van der Waals surface area contributed by atoms with E-state index in [0.717, 1.165) is 10.1 Å². The number of benzene rings is 1. The van der Waals surface area contributed by atoms with E-state index in [-0.39, 0.29) is 5.63 Å². The van der Waals surface area contributed by atoms with E-state index in [9.17, 15) is 4.79 Å². The smallest absolute Gasteiger partial charge is 0.337 e. The summed E-state index contributed by atoms with van der Waals surface area (Å²) in [5.74, 6) is 0.704. The van der Waals surface area contributed by atoms with Crippen molar-refractivity contribution in [3.8, 4) is 0 Å². The van der Waals surface area contributed by atoms with Gasteiger partial charge in [-0.2, -0.15) is 0 Å². The Morgan fingerprint density at radius 1 is 1.20 bits per heavy atom. The first-order valence-corrected chi connectivity index (χ1v) is 5.49. The Bertz CT molecular complexity index is 706. The van der Waals surface area contributed by atoms with Gasteiger partial charge in [0.25, 0.3) is 0 Å². The summed E-state index contributed by atoms with van der Waals surface area (Å²) < 4.78 is 7.30. The minimum atomic E-state index is -0.272. The van der Waals surface area contributed by atoms with E-state index < -0.39 is 0 Å². The molecule has 0 bridgehead atoms. The van der Waals surface area contributed by atoms with Crippen LogP contribution in [0.2, 0.25) is 0 Å². The molecule has 2 nitrogen and oxygen atoms in total. The fourth-order valence-electron chi connectivity index (χ4n) is 1.87. The van der Waals surface area contributed by atoms with Crippen LogP contribution < -0.4 is 5.63 Å². The Morgan fingerprint density at radius 2 is 2.00 bits per heavy atom. The first-order chi connectivity index (χ1) is 7.25. The Hall–Kier alpha value is -1.61. The Balaban J connectivity index is 2.67. The second-order valence-corrected chi connectivity index (χ2v) is 4.54. The highest BCUT2D eigenvalue weighted by molar-refractivity contribution is 7.25. The predicted octanol–water partition coefficient (Wildman–Crippen LogP) is 3.32. The highest BCUT2D eigenvalue weighted by atomic mass is 32.1. The van der Waals surface area contributed by atoms with E-state index >= 15 is 0 Å². The molecule has 2 heterocycles. The summed E-state index contributed by atoms with van der Waals surface area (Å²) >= 11 is 1.63. The number of thiophene rings is 1. The van der Waals surface area contributed by atoms with Crippen LogP contribution in [0.3, 0.4) is 0 Å². The molecule has 0 saturated carbocycles. The fourth-order valence-corrected chi connectivity index (χ4v) is 3.04. The van der Waals surface area contributed by atoms with E-state index in [2.05, 4.69) is 12.1 Å². The van der Waals surface area contributed by atoms with Gasteiger partial charge in [0.2, 0.25) is 0 Å². The number of fused-ring (bicyclic) bond motifs is 3. The number of rotatable bonds is 0. The van der Waals surface area contributed by atoms with Gasteiger partial charge in [0.1, 0.15) is 5.76 Å². The molecule has 0 aliphatic rings. The summed E-state index contributed by atoms with van der Waals surface area (Å²) in [6, 6.07) is 9.68. The normalized spacial score (nSPS) is 11.3. The molecule has 15 heavy (non-hydrogen) atoms. The van der Waals surface area contributed by atoms with Crippen LogP contribution >= 0.6 is 11.3 Å². The Morgan fingerprint density at radius 3 is 2.87 bits per heavy atom. The number of hydrogen-bond acceptors (Lipinski definition) is 3. The lowest BCUT2D eigenvalue weighted by molar-refractivity contribution is 0.489. The molecule has 2 aromatic heterocycles. The topological polar surface area (TPSA) is 30.2 Å². The first kappa shape index (κ1) is 8.68. The van der Waals surface area contributed by atoms with Crippen molar-refractivity contribution in [3.05, 3.63) is 46.5 Å². The van der Waals surface area contributed by atoms with Crippen LogP contribution in [-0.4, -0.2) is 0 Å². The van der Waals surface area contributed by atoms with Crippen LogP contribution in [0.25, 0.3) is 20.2 Å². The molecule has 0 fully saturated rings. The Labute approximate surface area is 89.8 Å². The lowest BCUT2D eigenvalue weighted by Crippen LogP contribution is -1.95. The molecule has 0 N–H and O–H groups in total. The zero-order chi connectivity index (χ0) is 10.4. The molecule has 0 saturated heterocycles. The van der Waals surface area contributed by atoms with Gasteiger partial charge in [-0.25, -0.2) is 4.79 Å². The molecule has 0 aliphatic carbocycles. The summed E-state index contributed by atoms with van der Waals surface area (Å²) in [6.07, 6.45) is 0. The molecule has 0 unspecified atom stereocenters. The monoisotopic (exact) mass is 216 g/mol. The quantitative estimate of drug-likeness (QED) is 0.577. The van der Waals surface area contributed by atoms with Crippen molar-refractivity contribution >= 4 is 31.5 Å². The largest absolute Gasteiger partial charge is 0.427 e. The highest BCUT2D eigenvalue weighted by Gasteiger charge is 2.08. The lowest BCUT2D eigenvalue weighted by atomic mass is 10.1. The molecular formula is C12H8O2S. The second-order valence-electron chi connectivity index (χ2n) is 3.46. The highest BCUT2D eigenvalue weighted by Crippen LogP contribution is 2.34. The van der Waals surface area contributed by atoms with Crippen LogP contribution in [-0.2, 0) is 0 Å². The first-order valence-electron chi connectivity index (χ1n) is 4.68. The molecule has 3 aromatic rings. The maximum Gasteiger partial charge on any atom is 0.337 e. The molecule has 0 atom stereocenters. The summed E-state index contributed by atoms with van der Waals surface area (Å²) in [6.45, 7) is 1.84. The molecule has 3 rings (SSSR count). The van der Waals surface area contributed by atoms with Crippen LogP contribution in [0.1, 0.15) is 5.76 Å². The zero-order valence-corrected chi connectivity index (χ0v) is 8.93. The van der Waals surface area contributed by atoms with E-state index in [0.29, 0.717) is 5.76 Å². The van der Waals surface area contributed by atoms with Gasteiger partial charge in [-0.3, -0.25) is 0 Å². The van der Waals surface area contributed by atoms with Gasteiger partial charge in [-0.15, -0.1) is 11.3 Å². The van der Waals surface area contributed by atoms with E-state index in [4.69, 9.17) is 4.42 Å². The van der Waals surface area contributed by atoms with Gasteiger partial charge in [-0.1, -0.05) is 18.2 Å². The summed E-state index contributed by atoms with van der Waals surface area (Å²) in [5, 5.41) is 2.23. The zero-order valence-electron chi connectivity index (χ0n) is 8.11. The maximum absolute atomic E-state index is 11.2. The second kappa shape index (κ2) is 2.94. The van der Waals surface area contributed by atoms with Gasteiger partial charge >= 0.3 is 5.63 Å². The van der Waals surface area contributed by atoms with Gasteiger partial charge in [-0.05, 0) is 13.0 Å². The SMILES string of the molecule is Cc1oc(=O)cc2sc3ccccc3c12. The minimum Gasteiger partial charge on any atom is -0.427 e. The fraction of sp³-hybridized carbons (Fsp3) is 0.0833.